The molecule has 5 aliphatic rings. The molecule has 8 heteroatoms. The third kappa shape index (κ3) is 2.60. The highest BCUT2D eigenvalue weighted by molar-refractivity contribution is 5.80. The van der Waals surface area contributed by atoms with Crippen LogP contribution >= 0.6 is 0 Å². The standard InChI is InChI=1S/C21H27F2N5O/c22-18(23)17-10-16(26-20-24-11-25-28(17)20)12-3-7-27(8-4-12)19(29)14-9-13-1-2-15(14)21(13)5-6-21/h1-2,11-18H,3-10H2,(H,24,25,26)/t13-,14+,15-,16+,17-/m1/s1. The molecule has 6 nitrogen and oxygen atoms in total. The number of halogens is 2. The molecule has 1 N–H and O–H groups in total. The largest absolute Gasteiger partial charge is 0.351 e. The van der Waals surface area contributed by atoms with Gasteiger partial charge in [0.1, 0.15) is 12.4 Å². The maximum atomic E-state index is 13.5. The van der Waals surface area contributed by atoms with Crippen molar-refractivity contribution in [1.82, 2.24) is 19.7 Å². The molecule has 1 saturated heterocycles. The number of alkyl halides is 2. The minimum atomic E-state index is -2.46. The van der Waals surface area contributed by atoms with Crippen LogP contribution in [0.25, 0.3) is 0 Å². The summed E-state index contributed by atoms with van der Waals surface area (Å²) in [6, 6.07) is -0.961. The number of carbonyl (C=O) groups excluding carboxylic acids is 1. The summed E-state index contributed by atoms with van der Waals surface area (Å²) in [5, 5.41) is 7.27. The lowest BCUT2D eigenvalue weighted by molar-refractivity contribution is -0.138. The molecule has 3 aliphatic carbocycles. The van der Waals surface area contributed by atoms with Crippen molar-refractivity contribution in [2.45, 2.75) is 57.0 Å². The Kier molecular flexibility index (Phi) is 3.84. The summed E-state index contributed by atoms with van der Waals surface area (Å²) in [5.74, 6) is 2.28. The van der Waals surface area contributed by atoms with E-state index in [0.717, 1.165) is 32.4 Å². The van der Waals surface area contributed by atoms with Crippen molar-refractivity contribution in [2.24, 2.45) is 29.1 Å². The summed E-state index contributed by atoms with van der Waals surface area (Å²) in [6.07, 6.45) is 9.19. The molecule has 1 spiro atoms. The third-order valence-corrected chi connectivity index (χ3v) is 8.45. The van der Waals surface area contributed by atoms with Crippen LogP contribution in [0.2, 0.25) is 0 Å². The van der Waals surface area contributed by atoms with Crippen molar-refractivity contribution < 1.29 is 13.6 Å². The number of likely N-dealkylation sites (tertiary alicyclic amines) is 1. The number of piperidine rings is 1. The number of hydrogen-bond donors (Lipinski definition) is 1. The fraction of sp³-hybridized carbons (Fsp3) is 0.762. The molecule has 3 fully saturated rings. The minimum absolute atomic E-state index is 0.0388. The molecule has 2 bridgehead atoms. The molecule has 1 amide bonds. The van der Waals surface area contributed by atoms with Crippen molar-refractivity contribution in [3.05, 3.63) is 18.5 Å². The fourth-order valence-electron chi connectivity index (χ4n) is 6.71. The monoisotopic (exact) mass is 403 g/mol. The van der Waals surface area contributed by atoms with E-state index in [2.05, 4.69) is 27.6 Å². The van der Waals surface area contributed by atoms with Crippen molar-refractivity contribution in [1.29, 1.82) is 0 Å². The quantitative estimate of drug-likeness (QED) is 0.788. The first-order valence-corrected chi connectivity index (χ1v) is 11.0. The second kappa shape index (κ2) is 6.25. The molecular weight excluding hydrogens is 376 g/mol. The van der Waals surface area contributed by atoms with Gasteiger partial charge in [0, 0.05) is 25.0 Å². The average molecular weight is 403 g/mol. The number of amides is 1. The molecule has 156 valence electrons. The van der Waals surface area contributed by atoms with E-state index in [0.29, 0.717) is 35.5 Å². The van der Waals surface area contributed by atoms with Crippen molar-refractivity contribution >= 4 is 11.9 Å². The number of anilines is 1. The molecule has 29 heavy (non-hydrogen) atoms. The first kappa shape index (κ1) is 17.8. The van der Waals surface area contributed by atoms with Crippen molar-refractivity contribution in [3.8, 4) is 0 Å². The van der Waals surface area contributed by atoms with Gasteiger partial charge < -0.3 is 10.2 Å². The molecule has 1 aromatic rings. The molecule has 0 aromatic carbocycles. The Labute approximate surface area is 168 Å². The number of nitrogens with zero attached hydrogens (tertiary/aromatic N) is 4. The summed E-state index contributed by atoms with van der Waals surface area (Å²) in [4.78, 5) is 19.4. The lowest BCUT2D eigenvalue weighted by Gasteiger charge is -2.40. The van der Waals surface area contributed by atoms with Crippen molar-refractivity contribution in [3.63, 3.8) is 0 Å². The first-order valence-electron chi connectivity index (χ1n) is 11.0. The molecule has 6 rings (SSSR count). The van der Waals surface area contributed by atoms with Crippen LogP contribution < -0.4 is 5.32 Å². The molecule has 0 radical (unpaired) electrons. The number of aromatic nitrogens is 3. The van der Waals surface area contributed by atoms with Gasteiger partial charge in [-0.3, -0.25) is 4.79 Å². The Morgan fingerprint density at radius 1 is 1.21 bits per heavy atom. The van der Waals surface area contributed by atoms with Gasteiger partial charge in [0.25, 0.3) is 6.43 Å². The minimum Gasteiger partial charge on any atom is -0.351 e. The number of carbonyl (C=O) groups is 1. The number of nitrogens with one attached hydrogen (secondary N) is 1. The zero-order valence-corrected chi connectivity index (χ0v) is 16.4. The average Bonchev–Trinajstić information content (AvgIpc) is 3.15. The molecule has 1 aromatic heterocycles. The number of rotatable bonds is 3. The highest BCUT2D eigenvalue weighted by atomic mass is 19.3. The van der Waals surface area contributed by atoms with Crippen molar-refractivity contribution in [2.75, 3.05) is 18.4 Å². The third-order valence-electron chi connectivity index (χ3n) is 8.45. The zero-order valence-electron chi connectivity index (χ0n) is 16.4. The molecule has 2 saturated carbocycles. The van der Waals surface area contributed by atoms with Gasteiger partial charge >= 0.3 is 0 Å². The Balaban J connectivity index is 1.10. The molecule has 2 aliphatic heterocycles. The van der Waals surface area contributed by atoms with Crippen LogP contribution in [0.5, 0.6) is 0 Å². The zero-order chi connectivity index (χ0) is 19.8. The smallest absolute Gasteiger partial charge is 0.260 e. The van der Waals surface area contributed by atoms with Crippen LogP contribution in [-0.2, 0) is 4.79 Å². The topological polar surface area (TPSA) is 63.1 Å². The lowest BCUT2D eigenvalue weighted by atomic mass is 9.83. The van der Waals surface area contributed by atoms with Gasteiger partial charge in [0.15, 0.2) is 0 Å². The Morgan fingerprint density at radius 2 is 2.00 bits per heavy atom. The summed E-state index contributed by atoms with van der Waals surface area (Å²) in [5.41, 5.74) is 0.435. The van der Waals surface area contributed by atoms with Gasteiger partial charge in [0.05, 0.1) is 0 Å². The molecule has 0 unspecified atom stereocenters. The maximum Gasteiger partial charge on any atom is 0.260 e. The van der Waals surface area contributed by atoms with E-state index in [1.807, 2.05) is 4.90 Å². The molecule has 3 heterocycles. The van der Waals surface area contributed by atoms with Gasteiger partial charge in [-0.1, -0.05) is 12.2 Å². The van der Waals surface area contributed by atoms with E-state index < -0.39 is 12.5 Å². The number of fused-ring (bicyclic) bond motifs is 1. The van der Waals surface area contributed by atoms with Gasteiger partial charge in [-0.15, -0.1) is 0 Å². The lowest BCUT2D eigenvalue weighted by Crippen LogP contribution is -2.47. The second-order valence-corrected chi connectivity index (χ2v) is 9.67. The predicted octanol–water partition coefficient (Wildman–Crippen LogP) is 3.11. The summed E-state index contributed by atoms with van der Waals surface area (Å²) < 4.78 is 28.4. The summed E-state index contributed by atoms with van der Waals surface area (Å²) in [6.45, 7) is 1.47. The van der Waals surface area contributed by atoms with E-state index >= 15 is 0 Å². The van der Waals surface area contributed by atoms with Gasteiger partial charge in [0.2, 0.25) is 11.9 Å². The SMILES string of the molecule is O=C([C@H]1C[C@H]2C=C[C@H]1C21CC1)N1CCC([C@@H]2C[C@H](C(F)F)n3ncnc3N2)CC1. The van der Waals surface area contributed by atoms with Gasteiger partial charge in [-0.25, -0.2) is 13.5 Å². The van der Waals surface area contributed by atoms with Crippen LogP contribution in [-0.4, -0.2) is 51.1 Å². The van der Waals surface area contributed by atoms with Crippen LogP contribution in [0.4, 0.5) is 14.7 Å². The Bertz CT molecular complexity index is 842. The molecular formula is C21H27F2N5O. The predicted molar refractivity (Wildman–Crippen MR) is 102 cm³/mol. The second-order valence-electron chi connectivity index (χ2n) is 9.67. The Morgan fingerprint density at radius 3 is 2.69 bits per heavy atom. The van der Waals surface area contributed by atoms with Gasteiger partial charge in [-0.05, 0) is 61.7 Å². The summed E-state index contributed by atoms with van der Waals surface area (Å²) >= 11 is 0. The van der Waals surface area contributed by atoms with Crippen LogP contribution in [0.15, 0.2) is 18.5 Å². The fourth-order valence-corrected chi connectivity index (χ4v) is 6.71. The summed E-state index contributed by atoms with van der Waals surface area (Å²) in [7, 11) is 0. The highest BCUT2D eigenvalue weighted by Gasteiger charge is 2.64. The van der Waals surface area contributed by atoms with E-state index in [4.69, 9.17) is 0 Å². The number of hydrogen-bond acceptors (Lipinski definition) is 4. The first-order chi connectivity index (χ1) is 14.1. The normalized spacial score (nSPS) is 37.2. The van der Waals surface area contributed by atoms with Crippen LogP contribution in [0.1, 0.15) is 44.6 Å². The van der Waals surface area contributed by atoms with E-state index in [9.17, 15) is 13.6 Å². The number of allylic oxidation sites excluding steroid dienone is 2. The van der Waals surface area contributed by atoms with E-state index in [1.165, 1.54) is 23.9 Å². The van der Waals surface area contributed by atoms with E-state index in [1.54, 1.807) is 0 Å². The van der Waals surface area contributed by atoms with Gasteiger partial charge in [-0.2, -0.15) is 10.1 Å². The maximum absolute atomic E-state index is 13.5. The van der Waals surface area contributed by atoms with E-state index in [-0.39, 0.29) is 17.9 Å². The Hall–Kier alpha value is -1.99. The molecule has 5 atom stereocenters. The van der Waals surface area contributed by atoms with Crippen LogP contribution in [0.3, 0.4) is 0 Å². The van der Waals surface area contributed by atoms with Crippen LogP contribution in [0, 0.1) is 29.1 Å². The highest BCUT2D eigenvalue weighted by Crippen LogP contribution is 2.70.